The van der Waals surface area contributed by atoms with Crippen molar-refractivity contribution in [2.45, 2.75) is 38.7 Å². The van der Waals surface area contributed by atoms with E-state index in [4.69, 9.17) is 16.3 Å². The fourth-order valence-corrected chi connectivity index (χ4v) is 2.67. The van der Waals surface area contributed by atoms with Crippen LogP contribution in [0.1, 0.15) is 26.5 Å². The standard InChI is InChI=1S/C14H18ClN5O4/c1-6(2)13(23)19-14-17-11(15)10-12(18-14)20(5-16-10)9-3-7(22)8(4-21)24-9/h5-9,21-22H,3-4H2,1-2H3,(H,17,18,19,23)/t7-,8+,9-/m0/s1. The number of halogens is 1. The topological polar surface area (TPSA) is 122 Å². The number of imidazole rings is 1. The summed E-state index contributed by atoms with van der Waals surface area (Å²) in [6, 6.07) is 0. The number of aliphatic hydroxyl groups excluding tert-OH is 2. The van der Waals surface area contributed by atoms with Gasteiger partial charge in [-0.05, 0) is 0 Å². The number of nitrogens with one attached hydrogen (secondary N) is 1. The average molecular weight is 356 g/mol. The number of carbonyl (C=O) groups excluding carboxylic acids is 1. The molecule has 2 aromatic rings. The second-order valence-corrected chi connectivity index (χ2v) is 6.28. The first-order valence-electron chi connectivity index (χ1n) is 7.56. The molecule has 0 spiro atoms. The van der Waals surface area contributed by atoms with E-state index in [0.29, 0.717) is 11.2 Å². The number of rotatable bonds is 4. The van der Waals surface area contributed by atoms with E-state index in [-0.39, 0.29) is 36.0 Å². The van der Waals surface area contributed by atoms with Gasteiger partial charge in [0.2, 0.25) is 11.9 Å². The van der Waals surface area contributed by atoms with E-state index in [0.717, 1.165) is 0 Å². The molecule has 2 aromatic heterocycles. The van der Waals surface area contributed by atoms with Crippen LogP contribution in [0.4, 0.5) is 5.95 Å². The zero-order valence-corrected chi connectivity index (χ0v) is 13.9. The maximum Gasteiger partial charge on any atom is 0.232 e. The largest absolute Gasteiger partial charge is 0.394 e. The number of aliphatic hydroxyl groups is 2. The highest BCUT2D eigenvalue weighted by molar-refractivity contribution is 6.33. The van der Waals surface area contributed by atoms with Crippen molar-refractivity contribution in [3.8, 4) is 0 Å². The summed E-state index contributed by atoms with van der Waals surface area (Å²) >= 11 is 6.12. The number of ether oxygens (including phenoxy) is 1. The minimum atomic E-state index is -0.783. The zero-order valence-electron chi connectivity index (χ0n) is 13.2. The molecule has 0 aliphatic carbocycles. The lowest BCUT2D eigenvalue weighted by molar-refractivity contribution is -0.118. The second-order valence-electron chi connectivity index (χ2n) is 5.92. The number of amides is 1. The molecule has 0 unspecified atom stereocenters. The molecule has 1 amide bonds. The Labute approximate surface area is 142 Å². The molecule has 0 aromatic carbocycles. The fourth-order valence-electron chi connectivity index (χ4n) is 2.45. The van der Waals surface area contributed by atoms with E-state index in [2.05, 4.69) is 20.3 Å². The maximum absolute atomic E-state index is 11.8. The minimum absolute atomic E-state index is 0.0743. The van der Waals surface area contributed by atoms with Gasteiger partial charge in [-0.1, -0.05) is 25.4 Å². The van der Waals surface area contributed by atoms with Crippen LogP contribution in [0.5, 0.6) is 0 Å². The number of hydrogen-bond donors (Lipinski definition) is 3. The third kappa shape index (κ3) is 3.07. The molecule has 1 saturated heterocycles. The Hall–Kier alpha value is -1.81. The van der Waals surface area contributed by atoms with Gasteiger partial charge in [0.25, 0.3) is 0 Å². The van der Waals surface area contributed by atoms with Crippen molar-refractivity contribution >= 4 is 34.6 Å². The average Bonchev–Trinajstić information content (AvgIpc) is 3.10. The van der Waals surface area contributed by atoms with Crippen molar-refractivity contribution < 1.29 is 19.7 Å². The third-order valence-corrected chi connectivity index (χ3v) is 4.10. The molecule has 1 fully saturated rings. The normalized spacial score (nSPS) is 24.0. The molecule has 1 aliphatic rings. The van der Waals surface area contributed by atoms with Gasteiger partial charge in [0.15, 0.2) is 10.8 Å². The summed E-state index contributed by atoms with van der Waals surface area (Å²) in [6.45, 7) is 3.22. The van der Waals surface area contributed by atoms with E-state index in [1.165, 1.54) is 6.33 Å². The molecule has 0 radical (unpaired) electrons. The lowest BCUT2D eigenvalue weighted by Gasteiger charge is -2.14. The molecule has 3 rings (SSSR count). The van der Waals surface area contributed by atoms with E-state index < -0.39 is 18.4 Å². The number of hydrogen-bond acceptors (Lipinski definition) is 7. The van der Waals surface area contributed by atoms with Gasteiger partial charge in [-0.25, -0.2) is 4.98 Å². The van der Waals surface area contributed by atoms with Crippen molar-refractivity contribution in [2.24, 2.45) is 5.92 Å². The second kappa shape index (κ2) is 6.60. The van der Waals surface area contributed by atoms with Gasteiger partial charge < -0.3 is 14.9 Å². The van der Waals surface area contributed by atoms with Crippen molar-refractivity contribution in [1.82, 2.24) is 19.5 Å². The summed E-state index contributed by atoms with van der Waals surface area (Å²) < 4.78 is 7.21. The summed E-state index contributed by atoms with van der Waals surface area (Å²) in [4.78, 5) is 24.3. The van der Waals surface area contributed by atoms with Gasteiger partial charge in [-0.3, -0.25) is 14.7 Å². The number of carbonyl (C=O) groups is 1. The Balaban J connectivity index is 1.95. The molecule has 3 heterocycles. The number of aromatic nitrogens is 4. The van der Waals surface area contributed by atoms with Crippen molar-refractivity contribution in [1.29, 1.82) is 0 Å². The van der Waals surface area contributed by atoms with Crippen LogP contribution in [-0.4, -0.2) is 54.5 Å². The highest BCUT2D eigenvalue weighted by Crippen LogP contribution is 2.32. The van der Waals surface area contributed by atoms with Crippen LogP contribution in [0, 0.1) is 5.92 Å². The summed E-state index contributed by atoms with van der Waals surface area (Å²) in [7, 11) is 0. The summed E-state index contributed by atoms with van der Waals surface area (Å²) in [5.74, 6) is -0.388. The molecule has 9 nitrogen and oxygen atoms in total. The Morgan fingerprint density at radius 2 is 2.29 bits per heavy atom. The Morgan fingerprint density at radius 3 is 2.92 bits per heavy atom. The van der Waals surface area contributed by atoms with Gasteiger partial charge in [0, 0.05) is 12.3 Å². The van der Waals surface area contributed by atoms with E-state index in [9.17, 15) is 15.0 Å². The van der Waals surface area contributed by atoms with Crippen LogP contribution in [0.25, 0.3) is 11.2 Å². The van der Waals surface area contributed by atoms with Crippen LogP contribution >= 0.6 is 11.6 Å². The van der Waals surface area contributed by atoms with Gasteiger partial charge in [-0.2, -0.15) is 9.97 Å². The van der Waals surface area contributed by atoms with E-state index in [1.807, 2.05) is 0 Å². The first-order chi connectivity index (χ1) is 11.4. The predicted molar refractivity (Wildman–Crippen MR) is 85.4 cm³/mol. The third-order valence-electron chi connectivity index (χ3n) is 3.83. The fraction of sp³-hybridized carbons (Fsp3) is 0.571. The molecular weight excluding hydrogens is 338 g/mol. The molecule has 1 aliphatic heterocycles. The van der Waals surface area contributed by atoms with Crippen molar-refractivity contribution in [2.75, 3.05) is 11.9 Å². The van der Waals surface area contributed by atoms with Crippen LogP contribution in [0.2, 0.25) is 5.15 Å². The first-order valence-corrected chi connectivity index (χ1v) is 7.93. The number of anilines is 1. The highest BCUT2D eigenvalue weighted by atomic mass is 35.5. The van der Waals surface area contributed by atoms with Gasteiger partial charge in [-0.15, -0.1) is 0 Å². The zero-order chi connectivity index (χ0) is 17.4. The Kier molecular flexibility index (Phi) is 4.68. The van der Waals surface area contributed by atoms with Gasteiger partial charge >= 0.3 is 0 Å². The summed E-state index contributed by atoms with van der Waals surface area (Å²) in [6.07, 6.45) is -0.218. The molecule has 3 N–H and O–H groups in total. The molecule has 3 atom stereocenters. The molecule has 130 valence electrons. The monoisotopic (exact) mass is 355 g/mol. The lowest BCUT2D eigenvalue weighted by atomic mass is 10.2. The molecule has 24 heavy (non-hydrogen) atoms. The quantitative estimate of drug-likeness (QED) is 0.690. The van der Waals surface area contributed by atoms with Crippen LogP contribution < -0.4 is 5.32 Å². The number of fused-ring (bicyclic) bond motifs is 1. The minimum Gasteiger partial charge on any atom is -0.394 e. The number of nitrogens with zero attached hydrogens (tertiary/aromatic N) is 4. The van der Waals surface area contributed by atoms with Crippen LogP contribution in [-0.2, 0) is 9.53 Å². The van der Waals surface area contributed by atoms with Crippen molar-refractivity contribution in [3.63, 3.8) is 0 Å². The molecule has 0 bridgehead atoms. The van der Waals surface area contributed by atoms with Crippen molar-refractivity contribution in [3.05, 3.63) is 11.5 Å². The highest BCUT2D eigenvalue weighted by Gasteiger charge is 2.35. The molecule has 10 heteroatoms. The summed E-state index contributed by atoms with van der Waals surface area (Å²) in [5.41, 5.74) is 0.745. The molecular formula is C14H18ClN5O4. The summed E-state index contributed by atoms with van der Waals surface area (Å²) in [5, 5.41) is 21.8. The smallest absolute Gasteiger partial charge is 0.232 e. The van der Waals surface area contributed by atoms with E-state index >= 15 is 0 Å². The lowest BCUT2D eigenvalue weighted by Crippen LogP contribution is -2.24. The molecule has 0 saturated carbocycles. The Morgan fingerprint density at radius 1 is 1.54 bits per heavy atom. The predicted octanol–water partition coefficient (Wildman–Crippen LogP) is 0.715. The van der Waals surface area contributed by atoms with Crippen LogP contribution in [0.3, 0.4) is 0 Å². The van der Waals surface area contributed by atoms with Gasteiger partial charge in [0.05, 0.1) is 19.0 Å². The first kappa shape index (κ1) is 17.0. The van der Waals surface area contributed by atoms with E-state index in [1.54, 1.807) is 18.4 Å². The van der Waals surface area contributed by atoms with Gasteiger partial charge in [0.1, 0.15) is 17.8 Å². The van der Waals surface area contributed by atoms with Crippen LogP contribution in [0.15, 0.2) is 6.33 Å². The SMILES string of the molecule is CC(C)C(=O)Nc1nc(Cl)c2ncn([C@@H]3C[C@H](O)[C@@H](CO)O3)c2n1. The maximum atomic E-state index is 11.8. The Bertz CT molecular complexity index is 765.